The Morgan fingerprint density at radius 2 is 1.71 bits per heavy atom. The number of hydrogen-bond acceptors (Lipinski definition) is 5. The largest absolute Gasteiger partial charge is 0.497 e. The number of benzene rings is 1. The molecule has 0 saturated carbocycles. The van der Waals surface area contributed by atoms with Gasteiger partial charge in [-0.3, -0.25) is 9.36 Å². The van der Waals surface area contributed by atoms with Crippen molar-refractivity contribution in [3.8, 4) is 5.75 Å². The molecule has 1 N–H and O–H groups in total. The zero-order valence-corrected chi connectivity index (χ0v) is 17.3. The van der Waals surface area contributed by atoms with E-state index in [-0.39, 0.29) is 0 Å². The third-order valence-corrected chi connectivity index (χ3v) is 6.12. The standard InChI is InChI=1S/C21H25NO5S/c1-20(2,3)27-19(25)22-11-15-9-21(18(23)24,10-16(15)12-22)28-13-14-5-7-17(26-4)8-6-14/h5-8,11-12H,9-10,13H2,1-4H3,(H,23,24). The molecule has 3 rings (SSSR count). The van der Waals surface area contributed by atoms with Crippen LogP contribution in [0.1, 0.15) is 37.5 Å². The number of carbonyl (C=O) groups excluding carboxylic acids is 1. The first-order valence-corrected chi connectivity index (χ1v) is 10.0. The fourth-order valence-electron chi connectivity index (χ4n) is 3.21. The Balaban J connectivity index is 1.71. The normalized spacial score (nSPS) is 15.1. The summed E-state index contributed by atoms with van der Waals surface area (Å²) in [7, 11) is 1.61. The van der Waals surface area contributed by atoms with Crippen LogP contribution in [0.5, 0.6) is 5.75 Å². The fraction of sp³-hybridized carbons (Fsp3) is 0.429. The Labute approximate surface area is 168 Å². The van der Waals surface area contributed by atoms with E-state index in [9.17, 15) is 14.7 Å². The van der Waals surface area contributed by atoms with Crippen LogP contribution < -0.4 is 4.74 Å². The highest BCUT2D eigenvalue weighted by Gasteiger charge is 2.45. The molecule has 2 aromatic rings. The van der Waals surface area contributed by atoms with Gasteiger partial charge in [0.15, 0.2) is 0 Å². The lowest BCUT2D eigenvalue weighted by molar-refractivity contribution is -0.139. The van der Waals surface area contributed by atoms with Crippen molar-refractivity contribution in [1.29, 1.82) is 0 Å². The molecule has 0 radical (unpaired) electrons. The first-order chi connectivity index (χ1) is 13.1. The van der Waals surface area contributed by atoms with Crippen molar-refractivity contribution in [3.05, 3.63) is 53.3 Å². The van der Waals surface area contributed by atoms with Crippen molar-refractivity contribution in [3.63, 3.8) is 0 Å². The number of carbonyl (C=O) groups is 2. The highest BCUT2D eigenvalue weighted by Crippen LogP contribution is 2.42. The van der Waals surface area contributed by atoms with E-state index in [1.54, 1.807) is 19.5 Å². The van der Waals surface area contributed by atoms with Gasteiger partial charge in [0.25, 0.3) is 0 Å². The van der Waals surface area contributed by atoms with Gasteiger partial charge >= 0.3 is 12.1 Å². The number of nitrogens with zero attached hydrogens (tertiary/aromatic N) is 1. The molecular formula is C21H25NO5S. The van der Waals surface area contributed by atoms with E-state index in [0.717, 1.165) is 22.4 Å². The molecule has 1 heterocycles. The number of fused-ring (bicyclic) bond motifs is 1. The van der Waals surface area contributed by atoms with Crippen molar-refractivity contribution in [2.45, 2.75) is 49.7 Å². The lowest BCUT2D eigenvalue weighted by Crippen LogP contribution is -2.36. The molecule has 0 unspecified atom stereocenters. The summed E-state index contributed by atoms with van der Waals surface area (Å²) in [5.41, 5.74) is 2.23. The lowest BCUT2D eigenvalue weighted by Gasteiger charge is -2.24. The molecule has 0 fully saturated rings. The molecule has 0 atom stereocenters. The van der Waals surface area contributed by atoms with E-state index < -0.39 is 22.4 Å². The summed E-state index contributed by atoms with van der Waals surface area (Å²) in [5.74, 6) is 0.535. The summed E-state index contributed by atoms with van der Waals surface area (Å²) in [4.78, 5) is 24.3. The average molecular weight is 404 g/mol. The molecule has 0 saturated heterocycles. The van der Waals surface area contributed by atoms with E-state index in [2.05, 4.69) is 0 Å². The summed E-state index contributed by atoms with van der Waals surface area (Å²) >= 11 is 1.43. The monoisotopic (exact) mass is 403 g/mol. The van der Waals surface area contributed by atoms with E-state index in [0.29, 0.717) is 18.6 Å². The minimum Gasteiger partial charge on any atom is -0.497 e. The Bertz CT molecular complexity index is 856. The van der Waals surface area contributed by atoms with Crippen LogP contribution >= 0.6 is 11.8 Å². The van der Waals surface area contributed by atoms with Gasteiger partial charge in [0.2, 0.25) is 0 Å². The molecule has 0 spiro atoms. The molecule has 1 aromatic carbocycles. The maximum absolute atomic E-state index is 12.2. The van der Waals surface area contributed by atoms with Crippen LogP contribution in [0, 0.1) is 0 Å². The van der Waals surface area contributed by atoms with Crippen molar-refractivity contribution in [2.24, 2.45) is 0 Å². The third-order valence-electron chi connectivity index (χ3n) is 4.62. The average Bonchev–Trinajstić information content (AvgIpc) is 3.16. The molecule has 1 aromatic heterocycles. The van der Waals surface area contributed by atoms with Crippen LogP contribution in [0.2, 0.25) is 0 Å². The lowest BCUT2D eigenvalue weighted by atomic mass is 10.1. The van der Waals surface area contributed by atoms with Crippen molar-refractivity contribution in [2.75, 3.05) is 7.11 Å². The van der Waals surface area contributed by atoms with Crippen LogP contribution in [-0.4, -0.2) is 39.2 Å². The zero-order chi connectivity index (χ0) is 20.5. The number of thioether (sulfide) groups is 1. The van der Waals surface area contributed by atoms with Crippen LogP contribution in [0.15, 0.2) is 36.7 Å². The maximum Gasteiger partial charge on any atom is 0.418 e. The Morgan fingerprint density at radius 3 is 2.18 bits per heavy atom. The van der Waals surface area contributed by atoms with Crippen LogP contribution in [0.3, 0.4) is 0 Å². The third kappa shape index (κ3) is 4.35. The number of aliphatic carboxylic acids is 1. The van der Waals surface area contributed by atoms with Crippen molar-refractivity contribution < 1.29 is 24.2 Å². The molecule has 0 aliphatic heterocycles. The molecule has 28 heavy (non-hydrogen) atoms. The first kappa shape index (κ1) is 20.3. The highest BCUT2D eigenvalue weighted by molar-refractivity contribution is 8.00. The minimum absolute atomic E-state index is 0.383. The van der Waals surface area contributed by atoms with Gasteiger partial charge in [-0.05, 0) is 62.4 Å². The van der Waals surface area contributed by atoms with Gasteiger partial charge in [0, 0.05) is 18.1 Å². The molecule has 1 aliphatic rings. The summed E-state index contributed by atoms with van der Waals surface area (Å²) in [6, 6.07) is 7.63. The Morgan fingerprint density at radius 1 is 1.14 bits per heavy atom. The smallest absolute Gasteiger partial charge is 0.418 e. The molecule has 0 bridgehead atoms. The van der Waals surface area contributed by atoms with Gasteiger partial charge in [-0.25, -0.2) is 4.79 Å². The zero-order valence-electron chi connectivity index (χ0n) is 16.5. The van der Waals surface area contributed by atoms with Gasteiger partial charge in [-0.2, -0.15) is 0 Å². The van der Waals surface area contributed by atoms with Gasteiger partial charge in [0.05, 0.1) is 7.11 Å². The number of rotatable bonds is 5. The van der Waals surface area contributed by atoms with Crippen molar-refractivity contribution in [1.82, 2.24) is 4.57 Å². The summed E-state index contributed by atoms with van der Waals surface area (Å²) in [6.45, 7) is 5.44. The molecular weight excluding hydrogens is 378 g/mol. The van der Waals surface area contributed by atoms with Gasteiger partial charge in [-0.1, -0.05) is 12.1 Å². The predicted octanol–water partition coefficient (Wildman–Crippen LogP) is 4.14. The fourth-order valence-corrected chi connectivity index (χ4v) is 4.49. The number of carboxylic acids is 1. The van der Waals surface area contributed by atoms with Gasteiger partial charge in [0.1, 0.15) is 16.1 Å². The number of methoxy groups -OCH3 is 1. The minimum atomic E-state index is -0.919. The van der Waals surface area contributed by atoms with E-state index in [1.165, 1.54) is 16.3 Å². The number of hydrogen-bond donors (Lipinski definition) is 1. The Kier molecular flexibility index (Phi) is 5.48. The van der Waals surface area contributed by atoms with Gasteiger partial charge in [-0.15, -0.1) is 11.8 Å². The summed E-state index contributed by atoms with van der Waals surface area (Å²) in [6.07, 6.45) is 3.71. The van der Waals surface area contributed by atoms with Crippen LogP contribution in [-0.2, 0) is 28.1 Å². The highest BCUT2D eigenvalue weighted by atomic mass is 32.2. The second-order valence-electron chi connectivity index (χ2n) is 7.99. The second kappa shape index (κ2) is 7.54. The molecule has 1 aliphatic carbocycles. The predicted molar refractivity (Wildman–Crippen MR) is 108 cm³/mol. The van der Waals surface area contributed by atoms with E-state index >= 15 is 0 Å². The molecule has 0 amide bonds. The molecule has 150 valence electrons. The van der Waals surface area contributed by atoms with Crippen molar-refractivity contribution >= 4 is 23.8 Å². The summed E-state index contributed by atoms with van der Waals surface area (Å²) < 4.78 is 11.0. The molecule has 7 heteroatoms. The number of ether oxygens (including phenoxy) is 2. The summed E-state index contributed by atoms with van der Waals surface area (Å²) in [5, 5.41) is 9.91. The number of aromatic nitrogens is 1. The SMILES string of the molecule is COc1ccc(CSC2(C(=O)O)Cc3cn(C(=O)OC(C)(C)C)cc3C2)cc1. The second-order valence-corrected chi connectivity index (χ2v) is 9.34. The maximum atomic E-state index is 12.2. The van der Waals surface area contributed by atoms with Crippen LogP contribution in [0.4, 0.5) is 4.79 Å². The van der Waals surface area contributed by atoms with E-state index in [4.69, 9.17) is 9.47 Å². The molecule has 6 nitrogen and oxygen atoms in total. The van der Waals surface area contributed by atoms with Crippen LogP contribution in [0.25, 0.3) is 0 Å². The van der Waals surface area contributed by atoms with Gasteiger partial charge < -0.3 is 14.6 Å². The number of carboxylic acid groups (broad SMARTS) is 1. The Hall–Kier alpha value is -2.41. The quantitative estimate of drug-likeness (QED) is 0.809. The van der Waals surface area contributed by atoms with E-state index in [1.807, 2.05) is 45.0 Å². The topological polar surface area (TPSA) is 77.8 Å². The first-order valence-electron chi connectivity index (χ1n) is 9.05.